The molecule has 0 bridgehead atoms. The second kappa shape index (κ2) is 60.1. The molecule has 0 aromatic rings. The molecule has 1 atom stereocenters. The highest BCUT2D eigenvalue weighted by molar-refractivity contribution is 5.71. The fourth-order valence-electron chi connectivity index (χ4n) is 8.60. The van der Waals surface area contributed by atoms with Gasteiger partial charge in [0.2, 0.25) is 0 Å². The van der Waals surface area contributed by atoms with E-state index in [9.17, 15) is 14.4 Å². The zero-order valence-corrected chi connectivity index (χ0v) is 47.4. The molecule has 0 saturated heterocycles. The van der Waals surface area contributed by atoms with Gasteiger partial charge in [-0.1, -0.05) is 286 Å². The molecule has 1 unspecified atom stereocenters. The van der Waals surface area contributed by atoms with Crippen LogP contribution in [0.1, 0.15) is 297 Å². The van der Waals surface area contributed by atoms with Crippen molar-refractivity contribution < 1.29 is 28.6 Å². The molecule has 6 heteroatoms. The van der Waals surface area contributed by atoms with Gasteiger partial charge in [-0.25, -0.2) is 0 Å². The third-order valence-electron chi connectivity index (χ3n) is 13.2. The smallest absolute Gasteiger partial charge is 0.306 e. The number of esters is 3. The Morgan fingerprint density at radius 3 is 0.847 bits per heavy atom. The summed E-state index contributed by atoms with van der Waals surface area (Å²) in [6.45, 7) is 6.49. The summed E-state index contributed by atoms with van der Waals surface area (Å²) in [4.78, 5) is 37.9. The summed E-state index contributed by atoms with van der Waals surface area (Å²) < 4.78 is 16.8. The maximum Gasteiger partial charge on any atom is 0.306 e. The lowest BCUT2D eigenvalue weighted by atomic mass is 10.0. The van der Waals surface area contributed by atoms with E-state index in [4.69, 9.17) is 14.2 Å². The first-order valence-corrected chi connectivity index (χ1v) is 30.6. The molecule has 0 N–H and O–H groups in total. The highest BCUT2D eigenvalue weighted by Gasteiger charge is 2.19. The molecule has 414 valence electrons. The first kappa shape index (κ1) is 68.6. The summed E-state index contributed by atoms with van der Waals surface area (Å²) >= 11 is 0. The van der Waals surface area contributed by atoms with Gasteiger partial charge in [-0.2, -0.15) is 0 Å². The Bertz CT molecular complexity index is 1380. The van der Waals surface area contributed by atoms with Gasteiger partial charge in [0, 0.05) is 19.3 Å². The Balaban J connectivity index is 3.99. The van der Waals surface area contributed by atoms with Crippen molar-refractivity contribution in [2.45, 2.75) is 303 Å². The lowest BCUT2D eigenvalue weighted by Gasteiger charge is -2.18. The number of unbranched alkanes of at least 4 members (excludes halogenated alkanes) is 30. The molecule has 0 rings (SSSR count). The summed E-state index contributed by atoms with van der Waals surface area (Å²) in [6.07, 6.45) is 79.1. The van der Waals surface area contributed by atoms with E-state index in [0.717, 1.165) is 103 Å². The van der Waals surface area contributed by atoms with Crippen LogP contribution in [0.25, 0.3) is 0 Å². The average Bonchev–Trinajstić information content (AvgIpc) is 3.38. The second-order valence-electron chi connectivity index (χ2n) is 20.2. The van der Waals surface area contributed by atoms with Crippen LogP contribution in [-0.2, 0) is 28.6 Å². The molecule has 0 aromatic carbocycles. The van der Waals surface area contributed by atoms with E-state index in [1.54, 1.807) is 0 Å². The van der Waals surface area contributed by atoms with Crippen LogP contribution in [0.5, 0.6) is 0 Å². The fraction of sp³-hybridized carbons (Fsp3) is 0.742. The maximum atomic E-state index is 12.8. The Morgan fingerprint density at radius 1 is 0.292 bits per heavy atom. The van der Waals surface area contributed by atoms with Gasteiger partial charge in [-0.05, 0) is 77.0 Å². The Morgan fingerprint density at radius 2 is 0.542 bits per heavy atom. The molecular formula is C66H114O6. The van der Waals surface area contributed by atoms with Gasteiger partial charge in [-0.3, -0.25) is 14.4 Å². The molecule has 0 radical (unpaired) electrons. The number of carbonyl (C=O) groups excluding carboxylic acids is 3. The van der Waals surface area contributed by atoms with Crippen molar-refractivity contribution in [1.82, 2.24) is 0 Å². The van der Waals surface area contributed by atoms with Crippen LogP contribution in [-0.4, -0.2) is 37.2 Å². The molecule has 0 spiro atoms. The van der Waals surface area contributed by atoms with Crippen LogP contribution >= 0.6 is 0 Å². The molecule has 0 aliphatic heterocycles. The summed E-state index contributed by atoms with van der Waals surface area (Å²) in [5.74, 6) is -0.871. The molecule has 0 aliphatic carbocycles. The van der Waals surface area contributed by atoms with E-state index in [2.05, 4.69) is 106 Å². The van der Waals surface area contributed by atoms with E-state index in [1.807, 2.05) is 0 Å². The monoisotopic (exact) mass is 1000 g/mol. The van der Waals surface area contributed by atoms with Crippen LogP contribution in [0, 0.1) is 0 Å². The highest BCUT2D eigenvalue weighted by atomic mass is 16.6. The molecule has 0 fully saturated rings. The molecule has 72 heavy (non-hydrogen) atoms. The standard InChI is InChI=1S/C66H114O6/c1-4-7-10-13-16-18-20-22-23-24-25-26-27-28-29-30-31-32-33-34-35-36-37-38-39-40-41-42-43-44-46-47-50-53-56-59-65(68)71-62-63(61-70-64(67)58-55-52-49-15-12-9-6-3)72-66(69)60-57-54-51-48-45-21-19-17-14-11-8-5-2/h7,10,16,18,22-23,25-26,28-29,31-32,34-35,63H,4-6,8-9,11-15,17,19-21,24,27,30,33,36-62H2,1-3H3/b10-7-,18-16-,23-22-,26-25-,29-28-,32-31-,35-34-. The number of carbonyl (C=O) groups is 3. The minimum absolute atomic E-state index is 0.0715. The van der Waals surface area contributed by atoms with Crippen LogP contribution in [0.3, 0.4) is 0 Å². The second-order valence-corrected chi connectivity index (χ2v) is 20.2. The first-order chi connectivity index (χ1) is 35.5. The zero-order valence-electron chi connectivity index (χ0n) is 47.4. The first-order valence-electron chi connectivity index (χ1n) is 30.6. The zero-order chi connectivity index (χ0) is 52.2. The van der Waals surface area contributed by atoms with Crippen LogP contribution in [0.15, 0.2) is 85.1 Å². The minimum atomic E-state index is -0.769. The van der Waals surface area contributed by atoms with Gasteiger partial charge in [0.1, 0.15) is 13.2 Å². The molecule has 0 saturated carbocycles. The van der Waals surface area contributed by atoms with Gasteiger partial charge in [-0.15, -0.1) is 0 Å². The van der Waals surface area contributed by atoms with E-state index in [-0.39, 0.29) is 31.1 Å². The molecule has 0 heterocycles. The number of hydrogen-bond acceptors (Lipinski definition) is 6. The normalized spacial score (nSPS) is 12.7. The Hall–Kier alpha value is -3.41. The van der Waals surface area contributed by atoms with Crippen molar-refractivity contribution in [2.75, 3.05) is 13.2 Å². The summed E-state index contributed by atoms with van der Waals surface area (Å²) in [7, 11) is 0. The highest BCUT2D eigenvalue weighted by Crippen LogP contribution is 2.16. The number of rotatable bonds is 55. The molecule has 0 aliphatic rings. The predicted molar refractivity (Wildman–Crippen MR) is 311 cm³/mol. The summed E-state index contributed by atoms with van der Waals surface area (Å²) in [5.41, 5.74) is 0. The molecule has 6 nitrogen and oxygen atoms in total. The van der Waals surface area contributed by atoms with E-state index >= 15 is 0 Å². The lowest BCUT2D eigenvalue weighted by molar-refractivity contribution is -0.167. The van der Waals surface area contributed by atoms with E-state index in [1.165, 1.54) is 154 Å². The average molecular weight is 1000 g/mol. The summed E-state index contributed by atoms with van der Waals surface area (Å²) in [6, 6.07) is 0. The van der Waals surface area contributed by atoms with Gasteiger partial charge in [0.15, 0.2) is 6.10 Å². The SMILES string of the molecule is CC/C=C\C/C=C\C/C=C\C/C=C\C/C=C\C/C=C\C/C=C\CCCCCCCCCCCCCCCC(=O)OCC(COC(=O)CCCCCCCCC)OC(=O)CCCCCCCCCCCCCC. The quantitative estimate of drug-likeness (QED) is 0.0261. The lowest BCUT2D eigenvalue weighted by Crippen LogP contribution is -2.30. The van der Waals surface area contributed by atoms with Crippen molar-refractivity contribution in [3.05, 3.63) is 85.1 Å². The molecule has 0 amide bonds. The fourth-order valence-corrected chi connectivity index (χ4v) is 8.60. The van der Waals surface area contributed by atoms with Crippen molar-refractivity contribution >= 4 is 17.9 Å². The van der Waals surface area contributed by atoms with Crippen molar-refractivity contribution in [3.63, 3.8) is 0 Å². The van der Waals surface area contributed by atoms with Crippen molar-refractivity contribution in [3.8, 4) is 0 Å². The van der Waals surface area contributed by atoms with Gasteiger partial charge in [0.25, 0.3) is 0 Å². The molecular weight excluding hydrogens is 889 g/mol. The third-order valence-corrected chi connectivity index (χ3v) is 13.2. The Kier molecular flexibility index (Phi) is 57.3. The van der Waals surface area contributed by atoms with Gasteiger partial charge in [0.05, 0.1) is 0 Å². The van der Waals surface area contributed by atoms with Crippen molar-refractivity contribution in [2.24, 2.45) is 0 Å². The third kappa shape index (κ3) is 57.5. The van der Waals surface area contributed by atoms with Crippen LogP contribution in [0.2, 0.25) is 0 Å². The Labute approximate surface area is 445 Å². The molecule has 0 aromatic heterocycles. The van der Waals surface area contributed by atoms with Crippen molar-refractivity contribution in [1.29, 1.82) is 0 Å². The summed E-state index contributed by atoms with van der Waals surface area (Å²) in [5, 5.41) is 0. The minimum Gasteiger partial charge on any atom is -0.462 e. The van der Waals surface area contributed by atoms with Gasteiger partial charge >= 0.3 is 17.9 Å². The number of allylic oxidation sites excluding steroid dienone is 14. The number of ether oxygens (including phenoxy) is 3. The largest absolute Gasteiger partial charge is 0.462 e. The van der Waals surface area contributed by atoms with E-state index < -0.39 is 6.10 Å². The predicted octanol–water partition coefficient (Wildman–Crippen LogP) is 20.7. The van der Waals surface area contributed by atoms with E-state index in [0.29, 0.717) is 19.3 Å². The van der Waals surface area contributed by atoms with Crippen LogP contribution < -0.4 is 0 Å². The van der Waals surface area contributed by atoms with Gasteiger partial charge < -0.3 is 14.2 Å². The maximum absolute atomic E-state index is 12.8. The number of hydrogen-bond donors (Lipinski definition) is 0. The topological polar surface area (TPSA) is 78.9 Å². The van der Waals surface area contributed by atoms with Crippen LogP contribution in [0.4, 0.5) is 0 Å².